The Balaban J connectivity index is 0.00000306. The van der Waals surface area contributed by atoms with Crippen LogP contribution >= 0.6 is 24.0 Å². The van der Waals surface area contributed by atoms with Crippen molar-refractivity contribution in [3.05, 3.63) is 41.5 Å². The maximum Gasteiger partial charge on any atom is 0.192 e. The number of aryl methyl sites for hydroxylation is 1. The summed E-state index contributed by atoms with van der Waals surface area (Å²) in [6.07, 6.45) is 6.40. The average Bonchev–Trinajstić information content (AvgIpc) is 3.45. The van der Waals surface area contributed by atoms with E-state index in [0.717, 1.165) is 41.9 Å². The maximum atomic E-state index is 6.09. The van der Waals surface area contributed by atoms with Crippen molar-refractivity contribution < 1.29 is 9.47 Å². The fourth-order valence-electron chi connectivity index (χ4n) is 5.08. The zero-order chi connectivity index (χ0) is 22.6. The molecule has 0 saturated heterocycles. The molecule has 0 amide bonds. The molecular weight excluding hydrogens is 531 g/mol. The van der Waals surface area contributed by atoms with Crippen LogP contribution in [-0.4, -0.2) is 46.6 Å². The lowest BCUT2D eigenvalue weighted by atomic mass is 9.60. The molecule has 1 aromatic carbocycles. The molecule has 1 aromatic heterocycles. The monoisotopic (exact) mass is 568 g/mol. The van der Waals surface area contributed by atoms with Gasteiger partial charge in [0.2, 0.25) is 0 Å². The van der Waals surface area contributed by atoms with Gasteiger partial charge in [-0.2, -0.15) is 0 Å². The van der Waals surface area contributed by atoms with Crippen LogP contribution in [0, 0.1) is 12.3 Å². The van der Waals surface area contributed by atoms with Crippen LogP contribution in [0.15, 0.2) is 29.3 Å². The second-order valence-corrected chi connectivity index (χ2v) is 8.91. The van der Waals surface area contributed by atoms with Gasteiger partial charge in [-0.1, -0.05) is 25.0 Å². The number of aromatic nitrogens is 3. The molecule has 2 fully saturated rings. The van der Waals surface area contributed by atoms with Crippen LogP contribution in [0.5, 0.6) is 5.75 Å². The Hall–Kier alpha value is -1.88. The van der Waals surface area contributed by atoms with Gasteiger partial charge in [0.25, 0.3) is 0 Å². The van der Waals surface area contributed by atoms with Gasteiger partial charge in [-0.25, -0.2) is 4.99 Å². The van der Waals surface area contributed by atoms with E-state index in [1.165, 1.54) is 25.7 Å². The molecule has 33 heavy (non-hydrogen) atoms. The van der Waals surface area contributed by atoms with Crippen LogP contribution in [0.2, 0.25) is 0 Å². The number of methoxy groups -OCH3 is 1. The third kappa shape index (κ3) is 5.62. The van der Waals surface area contributed by atoms with Crippen LogP contribution in [0.1, 0.15) is 56.2 Å². The van der Waals surface area contributed by atoms with E-state index in [9.17, 15) is 0 Å². The average molecular weight is 569 g/mol. The molecule has 2 N–H and O–H groups in total. The molecular formula is C24H37IN6O2. The zero-order valence-corrected chi connectivity index (χ0v) is 22.5. The number of nitrogens with one attached hydrogen (secondary N) is 2. The predicted octanol–water partition coefficient (Wildman–Crippen LogP) is 3.72. The summed E-state index contributed by atoms with van der Waals surface area (Å²) < 4.78 is 13.4. The third-order valence-corrected chi connectivity index (χ3v) is 7.17. The minimum absolute atomic E-state index is 0. The van der Waals surface area contributed by atoms with Gasteiger partial charge in [-0.15, -0.1) is 34.2 Å². The first-order chi connectivity index (χ1) is 15.6. The second-order valence-electron chi connectivity index (χ2n) is 8.91. The van der Waals surface area contributed by atoms with E-state index in [4.69, 9.17) is 14.5 Å². The summed E-state index contributed by atoms with van der Waals surface area (Å²) in [5.74, 6) is 3.45. The summed E-state index contributed by atoms with van der Waals surface area (Å²) in [6, 6.07) is 8.43. The lowest BCUT2D eigenvalue weighted by Gasteiger charge is -2.54. The first kappa shape index (κ1) is 25.7. The Bertz CT molecular complexity index is 924. The van der Waals surface area contributed by atoms with E-state index in [-0.39, 0.29) is 29.4 Å². The van der Waals surface area contributed by atoms with Crippen molar-refractivity contribution >= 4 is 29.9 Å². The van der Waals surface area contributed by atoms with E-state index in [2.05, 4.69) is 39.9 Å². The summed E-state index contributed by atoms with van der Waals surface area (Å²) in [7, 11) is 3.67. The smallest absolute Gasteiger partial charge is 0.192 e. The molecule has 1 spiro atoms. The number of guanidine groups is 1. The number of halogens is 1. The summed E-state index contributed by atoms with van der Waals surface area (Å²) in [4.78, 5) is 4.90. The van der Waals surface area contributed by atoms with Gasteiger partial charge in [-0.05, 0) is 50.8 Å². The van der Waals surface area contributed by atoms with Crippen molar-refractivity contribution in [1.29, 1.82) is 0 Å². The van der Waals surface area contributed by atoms with E-state index in [0.29, 0.717) is 25.2 Å². The number of nitrogens with zero attached hydrogens (tertiary/aromatic N) is 4. The number of aliphatic imine (C=N–C) groups is 1. The van der Waals surface area contributed by atoms with Crippen molar-refractivity contribution in [3.63, 3.8) is 0 Å². The van der Waals surface area contributed by atoms with E-state index in [1.807, 2.05) is 30.7 Å². The molecule has 0 aliphatic heterocycles. The standard InChI is InChI=1S/C24H36N6O2.HI/c1-5-32-21-14-20(24(21)12-6-7-13-24)27-23(26-16-22-29-28-17(2)30(22)3)25-15-18-8-10-19(31-4)11-9-18;/h8-11,20-21H,5-7,12-16H2,1-4H3,(H2,25,26,27);1H. The van der Waals surface area contributed by atoms with Gasteiger partial charge >= 0.3 is 0 Å². The van der Waals surface area contributed by atoms with Crippen molar-refractivity contribution in [2.45, 2.75) is 71.2 Å². The maximum absolute atomic E-state index is 6.09. The number of hydrogen-bond acceptors (Lipinski definition) is 5. The van der Waals surface area contributed by atoms with Gasteiger partial charge in [0.05, 0.1) is 26.3 Å². The molecule has 0 radical (unpaired) electrons. The topological polar surface area (TPSA) is 85.6 Å². The van der Waals surface area contributed by atoms with Crippen molar-refractivity contribution in [2.24, 2.45) is 17.5 Å². The SMILES string of the molecule is CCOC1CC(NC(=NCc2ccc(OC)cc2)NCc2nnc(C)n2C)C12CCCC2.I. The first-order valence-electron chi connectivity index (χ1n) is 11.7. The molecule has 2 aromatic rings. The Morgan fingerprint density at radius 1 is 1.21 bits per heavy atom. The molecule has 2 aliphatic carbocycles. The highest BCUT2D eigenvalue weighted by atomic mass is 127. The summed E-state index contributed by atoms with van der Waals surface area (Å²) in [6.45, 7) is 5.99. The number of rotatable bonds is 8. The van der Waals surface area contributed by atoms with E-state index >= 15 is 0 Å². The Morgan fingerprint density at radius 2 is 1.94 bits per heavy atom. The van der Waals surface area contributed by atoms with E-state index in [1.54, 1.807) is 7.11 Å². The Labute approximate surface area is 214 Å². The fraction of sp³-hybridized carbons (Fsp3) is 0.625. The quantitative estimate of drug-likeness (QED) is 0.287. The zero-order valence-electron chi connectivity index (χ0n) is 20.1. The van der Waals surface area contributed by atoms with Gasteiger partial charge in [-0.3, -0.25) is 0 Å². The van der Waals surface area contributed by atoms with Gasteiger partial charge < -0.3 is 24.7 Å². The lowest BCUT2D eigenvalue weighted by Crippen LogP contribution is -2.65. The molecule has 2 saturated carbocycles. The number of benzene rings is 1. The molecule has 182 valence electrons. The van der Waals surface area contributed by atoms with Crippen LogP contribution in [0.25, 0.3) is 0 Å². The van der Waals surface area contributed by atoms with E-state index < -0.39 is 0 Å². The molecule has 8 nitrogen and oxygen atoms in total. The van der Waals surface area contributed by atoms with Crippen molar-refractivity contribution in [3.8, 4) is 5.75 Å². The van der Waals surface area contributed by atoms with Crippen molar-refractivity contribution in [2.75, 3.05) is 13.7 Å². The minimum atomic E-state index is 0. The molecule has 9 heteroatoms. The van der Waals surface area contributed by atoms with Crippen LogP contribution in [-0.2, 0) is 24.9 Å². The van der Waals surface area contributed by atoms with Gasteiger partial charge in [0.1, 0.15) is 11.6 Å². The highest BCUT2D eigenvalue weighted by Crippen LogP contribution is 2.54. The minimum Gasteiger partial charge on any atom is -0.497 e. The summed E-state index contributed by atoms with van der Waals surface area (Å²) in [5, 5.41) is 15.7. The molecule has 1 heterocycles. The summed E-state index contributed by atoms with van der Waals surface area (Å²) in [5.41, 5.74) is 1.37. The molecule has 0 bridgehead atoms. The highest BCUT2D eigenvalue weighted by molar-refractivity contribution is 14.0. The number of hydrogen-bond donors (Lipinski definition) is 2. The Morgan fingerprint density at radius 3 is 2.55 bits per heavy atom. The normalized spacial score (nSPS) is 21.4. The first-order valence-corrected chi connectivity index (χ1v) is 11.7. The molecule has 2 aliphatic rings. The number of ether oxygens (including phenoxy) is 2. The molecule has 2 atom stereocenters. The highest BCUT2D eigenvalue weighted by Gasteiger charge is 2.57. The fourth-order valence-corrected chi connectivity index (χ4v) is 5.08. The van der Waals surface area contributed by atoms with Crippen molar-refractivity contribution in [1.82, 2.24) is 25.4 Å². The molecule has 4 rings (SSSR count). The van der Waals surface area contributed by atoms with Crippen LogP contribution in [0.4, 0.5) is 0 Å². The van der Waals surface area contributed by atoms with Crippen LogP contribution in [0.3, 0.4) is 0 Å². The largest absolute Gasteiger partial charge is 0.497 e. The van der Waals surface area contributed by atoms with Gasteiger partial charge in [0.15, 0.2) is 11.8 Å². The Kier molecular flexibility index (Phi) is 8.97. The summed E-state index contributed by atoms with van der Waals surface area (Å²) >= 11 is 0. The third-order valence-electron chi connectivity index (χ3n) is 7.17. The van der Waals surface area contributed by atoms with Crippen LogP contribution < -0.4 is 15.4 Å². The second kappa shape index (κ2) is 11.5. The molecule has 2 unspecified atom stereocenters. The lowest BCUT2D eigenvalue weighted by molar-refractivity contribution is -0.125. The predicted molar refractivity (Wildman–Crippen MR) is 140 cm³/mol. The van der Waals surface area contributed by atoms with Gasteiger partial charge in [0, 0.05) is 25.1 Å².